The van der Waals surface area contributed by atoms with Crippen LogP contribution in [0.3, 0.4) is 0 Å². The van der Waals surface area contributed by atoms with Crippen LogP contribution >= 0.6 is 0 Å². The van der Waals surface area contributed by atoms with Crippen LogP contribution < -0.4 is 4.90 Å². The first-order valence-electron chi connectivity index (χ1n) is 9.90. The van der Waals surface area contributed by atoms with Crippen LogP contribution in [0.1, 0.15) is 16.7 Å². The van der Waals surface area contributed by atoms with Gasteiger partial charge in [-0.05, 0) is 47.6 Å². The molecule has 4 aromatic rings. The van der Waals surface area contributed by atoms with E-state index in [1.807, 2.05) is 0 Å². The first-order valence-corrected chi connectivity index (χ1v) is 9.90. The Bertz CT molecular complexity index is 1170. The third kappa shape index (κ3) is 2.90. The lowest BCUT2D eigenvalue weighted by atomic mass is 9.92. The number of para-hydroxylation sites is 1. The molecule has 4 aromatic carbocycles. The fourth-order valence-electron chi connectivity index (χ4n) is 4.31. The van der Waals surface area contributed by atoms with Gasteiger partial charge >= 0.3 is 0 Å². The lowest BCUT2D eigenvalue weighted by molar-refractivity contribution is 0.767. The van der Waals surface area contributed by atoms with Gasteiger partial charge in [-0.25, -0.2) is 0 Å². The summed E-state index contributed by atoms with van der Waals surface area (Å²) in [5.74, 6) is 0. The van der Waals surface area contributed by atoms with Crippen LogP contribution in [0.25, 0.3) is 16.8 Å². The zero-order valence-corrected chi connectivity index (χ0v) is 16.0. The Labute approximate surface area is 166 Å². The van der Waals surface area contributed by atoms with Crippen molar-refractivity contribution in [2.24, 2.45) is 0 Å². The van der Waals surface area contributed by atoms with Crippen molar-refractivity contribution in [3.05, 3.63) is 114 Å². The monoisotopic (exact) mass is 361 g/mol. The number of hydrogen-bond donors (Lipinski definition) is 0. The van der Waals surface area contributed by atoms with E-state index in [0.29, 0.717) is 0 Å². The standard InChI is InChI=1S/C27H23N/c1-20-9-2-7-15-26(20)28(24-18-17-21-10-3-4-12-23(21)19-24)27-16-8-13-22-11-5-6-14-25(22)27/h2-18,24H,19H2,1H3. The molecule has 1 aliphatic carbocycles. The molecule has 0 saturated carbocycles. The number of nitrogens with zero attached hydrogens (tertiary/aromatic N) is 1. The van der Waals surface area contributed by atoms with Crippen LogP contribution in [-0.2, 0) is 6.42 Å². The molecule has 136 valence electrons. The molecular formula is C27H23N. The predicted octanol–water partition coefficient (Wildman–Crippen LogP) is 6.92. The third-order valence-electron chi connectivity index (χ3n) is 5.71. The van der Waals surface area contributed by atoms with E-state index in [1.54, 1.807) is 0 Å². The van der Waals surface area contributed by atoms with Crippen LogP contribution in [0.4, 0.5) is 11.4 Å². The SMILES string of the molecule is Cc1ccccc1N(c1cccc2ccccc12)C1C=Cc2ccccc2C1. The first-order chi connectivity index (χ1) is 13.8. The minimum atomic E-state index is 0.279. The highest BCUT2D eigenvalue weighted by atomic mass is 15.2. The van der Waals surface area contributed by atoms with Crippen molar-refractivity contribution >= 4 is 28.2 Å². The zero-order chi connectivity index (χ0) is 18.9. The van der Waals surface area contributed by atoms with Gasteiger partial charge in [0.15, 0.2) is 0 Å². The number of aryl methyl sites for hydroxylation is 1. The lowest BCUT2D eigenvalue weighted by Crippen LogP contribution is -2.33. The average Bonchev–Trinajstić information content (AvgIpc) is 2.75. The minimum absolute atomic E-state index is 0.279. The predicted molar refractivity (Wildman–Crippen MR) is 120 cm³/mol. The molecule has 0 fully saturated rings. The smallest absolute Gasteiger partial charge is 0.0566 e. The van der Waals surface area contributed by atoms with Gasteiger partial charge < -0.3 is 4.90 Å². The number of hydrogen-bond acceptors (Lipinski definition) is 1. The summed E-state index contributed by atoms with van der Waals surface area (Å²) in [5, 5.41) is 2.57. The molecule has 1 unspecified atom stereocenters. The number of benzene rings is 4. The van der Waals surface area contributed by atoms with Crippen LogP contribution in [0.2, 0.25) is 0 Å². The molecule has 0 bridgehead atoms. The summed E-state index contributed by atoms with van der Waals surface area (Å²) < 4.78 is 0. The largest absolute Gasteiger partial charge is 0.333 e. The minimum Gasteiger partial charge on any atom is -0.333 e. The van der Waals surface area contributed by atoms with Crippen LogP contribution in [0, 0.1) is 6.92 Å². The van der Waals surface area contributed by atoms with E-state index in [4.69, 9.17) is 0 Å². The van der Waals surface area contributed by atoms with Gasteiger partial charge in [0.1, 0.15) is 0 Å². The van der Waals surface area contributed by atoms with Gasteiger partial charge in [0.2, 0.25) is 0 Å². The van der Waals surface area contributed by atoms with Crippen molar-refractivity contribution in [2.45, 2.75) is 19.4 Å². The molecule has 0 heterocycles. The molecule has 0 aromatic heterocycles. The molecule has 28 heavy (non-hydrogen) atoms. The highest BCUT2D eigenvalue weighted by molar-refractivity contribution is 5.96. The van der Waals surface area contributed by atoms with E-state index in [-0.39, 0.29) is 6.04 Å². The highest BCUT2D eigenvalue weighted by Crippen LogP contribution is 2.38. The third-order valence-corrected chi connectivity index (χ3v) is 5.71. The summed E-state index contributed by atoms with van der Waals surface area (Å²) >= 11 is 0. The molecule has 0 radical (unpaired) electrons. The van der Waals surface area contributed by atoms with Crippen molar-refractivity contribution in [3.63, 3.8) is 0 Å². The molecule has 0 amide bonds. The molecule has 1 heteroatoms. The Kier molecular flexibility index (Phi) is 4.21. The molecule has 1 aliphatic rings. The average molecular weight is 361 g/mol. The fraction of sp³-hybridized carbons (Fsp3) is 0.111. The molecule has 0 N–H and O–H groups in total. The Hall–Kier alpha value is -3.32. The lowest BCUT2D eigenvalue weighted by Gasteiger charge is -2.36. The normalized spacial score (nSPS) is 15.4. The quantitative estimate of drug-likeness (QED) is 0.382. The highest BCUT2D eigenvalue weighted by Gasteiger charge is 2.24. The van der Waals surface area contributed by atoms with Gasteiger partial charge in [-0.3, -0.25) is 0 Å². The summed E-state index contributed by atoms with van der Waals surface area (Å²) in [7, 11) is 0. The molecule has 0 aliphatic heterocycles. The molecule has 1 atom stereocenters. The summed E-state index contributed by atoms with van der Waals surface area (Å²) in [6.07, 6.45) is 5.64. The van der Waals surface area contributed by atoms with Crippen molar-refractivity contribution < 1.29 is 0 Å². The maximum Gasteiger partial charge on any atom is 0.0566 e. The van der Waals surface area contributed by atoms with Crippen molar-refractivity contribution in [1.29, 1.82) is 0 Å². The van der Waals surface area contributed by atoms with E-state index in [9.17, 15) is 0 Å². The van der Waals surface area contributed by atoms with Crippen molar-refractivity contribution in [3.8, 4) is 0 Å². The van der Waals surface area contributed by atoms with Crippen molar-refractivity contribution in [1.82, 2.24) is 0 Å². The number of anilines is 2. The van der Waals surface area contributed by atoms with Gasteiger partial charge in [0.05, 0.1) is 6.04 Å². The van der Waals surface area contributed by atoms with Gasteiger partial charge in [-0.1, -0.05) is 91.0 Å². The summed E-state index contributed by atoms with van der Waals surface area (Å²) in [6.45, 7) is 2.20. The summed E-state index contributed by atoms with van der Waals surface area (Å²) in [4.78, 5) is 2.52. The Morgan fingerprint density at radius 3 is 2.36 bits per heavy atom. The maximum absolute atomic E-state index is 2.52. The summed E-state index contributed by atoms with van der Waals surface area (Å²) in [6, 6.07) is 33.0. The van der Waals surface area contributed by atoms with Crippen molar-refractivity contribution in [2.75, 3.05) is 4.90 Å². The van der Waals surface area contributed by atoms with E-state index in [2.05, 4.69) is 115 Å². The molecule has 0 saturated heterocycles. The van der Waals surface area contributed by atoms with E-state index < -0.39 is 0 Å². The Morgan fingerprint density at radius 2 is 1.43 bits per heavy atom. The van der Waals surface area contributed by atoms with Crippen LogP contribution in [0.5, 0.6) is 0 Å². The van der Waals surface area contributed by atoms with Gasteiger partial charge in [-0.2, -0.15) is 0 Å². The topological polar surface area (TPSA) is 3.24 Å². The molecule has 0 spiro atoms. The van der Waals surface area contributed by atoms with Gasteiger partial charge in [0.25, 0.3) is 0 Å². The van der Waals surface area contributed by atoms with Crippen LogP contribution in [-0.4, -0.2) is 6.04 Å². The summed E-state index contributed by atoms with van der Waals surface area (Å²) in [5.41, 5.74) is 6.58. The maximum atomic E-state index is 2.52. The molecule has 1 nitrogen and oxygen atoms in total. The van der Waals surface area contributed by atoms with Gasteiger partial charge in [-0.15, -0.1) is 0 Å². The zero-order valence-electron chi connectivity index (χ0n) is 16.0. The Balaban J connectivity index is 1.70. The second kappa shape index (κ2) is 7.01. The second-order valence-electron chi connectivity index (χ2n) is 7.48. The molecule has 5 rings (SSSR count). The van der Waals surface area contributed by atoms with E-state index >= 15 is 0 Å². The van der Waals surface area contributed by atoms with E-state index in [0.717, 1.165) is 6.42 Å². The van der Waals surface area contributed by atoms with E-state index in [1.165, 1.54) is 38.8 Å². The van der Waals surface area contributed by atoms with Gasteiger partial charge in [0, 0.05) is 16.8 Å². The van der Waals surface area contributed by atoms with Crippen LogP contribution in [0.15, 0.2) is 97.1 Å². The number of fused-ring (bicyclic) bond motifs is 2. The Morgan fingerprint density at radius 1 is 0.714 bits per heavy atom. The number of rotatable bonds is 3. The molecular weight excluding hydrogens is 338 g/mol. The fourth-order valence-corrected chi connectivity index (χ4v) is 4.31. The second-order valence-corrected chi connectivity index (χ2v) is 7.48. The first kappa shape index (κ1) is 16.8.